The Bertz CT molecular complexity index is 922. The third-order valence-corrected chi connectivity index (χ3v) is 7.39. The smallest absolute Gasteiger partial charge is 0.314 e. The Labute approximate surface area is 185 Å². The van der Waals surface area contributed by atoms with E-state index in [2.05, 4.69) is 27.5 Å². The third kappa shape index (κ3) is 7.67. The largest absolute Gasteiger partial charge is 0.338 e. The fraction of sp³-hybridized carbons (Fsp3) is 0.458. The van der Waals surface area contributed by atoms with Gasteiger partial charge in [-0.1, -0.05) is 48.0 Å². The van der Waals surface area contributed by atoms with Crippen molar-refractivity contribution in [2.45, 2.75) is 43.9 Å². The van der Waals surface area contributed by atoms with Crippen molar-refractivity contribution in [3.8, 4) is 0 Å². The van der Waals surface area contributed by atoms with Crippen LogP contribution in [0, 0.1) is 18.8 Å². The molecule has 1 fully saturated rings. The van der Waals surface area contributed by atoms with Gasteiger partial charge in [-0.3, -0.25) is 0 Å². The molecule has 3 rings (SSSR count). The highest BCUT2D eigenvalue weighted by Crippen LogP contribution is 2.28. The molecule has 1 aliphatic rings. The van der Waals surface area contributed by atoms with Gasteiger partial charge < -0.3 is 10.6 Å². The molecule has 0 saturated heterocycles. The summed E-state index contributed by atoms with van der Waals surface area (Å²) < 4.78 is 27.6. The Morgan fingerprint density at radius 3 is 2.13 bits per heavy atom. The van der Waals surface area contributed by atoms with E-state index in [1.807, 2.05) is 37.3 Å². The Kier molecular flexibility index (Phi) is 8.49. The molecule has 2 aromatic rings. The minimum atomic E-state index is -3.46. The van der Waals surface area contributed by atoms with Crippen LogP contribution in [0.1, 0.15) is 36.8 Å². The highest BCUT2D eigenvalue weighted by Gasteiger charge is 2.23. The van der Waals surface area contributed by atoms with Crippen LogP contribution in [0.2, 0.25) is 0 Å². The predicted octanol–water partition coefficient (Wildman–Crippen LogP) is 3.62. The van der Waals surface area contributed by atoms with E-state index in [4.69, 9.17) is 0 Å². The van der Waals surface area contributed by atoms with Gasteiger partial charge in [-0.25, -0.2) is 17.9 Å². The second-order valence-electron chi connectivity index (χ2n) is 8.42. The first-order chi connectivity index (χ1) is 14.9. The number of sulfonamides is 1. The maximum Gasteiger partial charge on any atom is 0.314 e. The number of benzene rings is 2. The quantitative estimate of drug-likeness (QED) is 0.553. The fourth-order valence-corrected chi connectivity index (χ4v) is 5.05. The highest BCUT2D eigenvalue weighted by atomic mass is 32.2. The molecule has 31 heavy (non-hydrogen) atoms. The van der Waals surface area contributed by atoms with Crippen molar-refractivity contribution in [2.24, 2.45) is 11.8 Å². The van der Waals surface area contributed by atoms with Crippen LogP contribution in [0.5, 0.6) is 0 Å². The summed E-state index contributed by atoms with van der Waals surface area (Å²) in [5.41, 5.74) is 2.25. The second-order valence-corrected chi connectivity index (χ2v) is 10.2. The standard InChI is InChI=1S/C24H33N3O3S/c1-19-7-13-23(14-8-19)31(29,30)27-18-22-11-9-21(10-12-22)17-26-24(28)25-16-15-20-5-3-2-4-6-20/h2-8,13-14,21-22,27H,9-12,15-18H2,1H3,(H2,25,26,28). The van der Waals surface area contributed by atoms with Crippen molar-refractivity contribution in [1.29, 1.82) is 0 Å². The number of carbonyl (C=O) groups excluding carboxylic acids is 1. The highest BCUT2D eigenvalue weighted by molar-refractivity contribution is 7.89. The molecule has 1 saturated carbocycles. The molecule has 0 spiro atoms. The molecule has 0 heterocycles. The first-order valence-electron chi connectivity index (χ1n) is 11.0. The lowest BCUT2D eigenvalue weighted by molar-refractivity contribution is 0.231. The first kappa shape index (κ1) is 23.3. The Morgan fingerprint density at radius 1 is 0.871 bits per heavy atom. The average molecular weight is 444 g/mol. The van der Waals surface area contributed by atoms with E-state index in [1.54, 1.807) is 12.1 Å². The molecule has 6 nitrogen and oxygen atoms in total. The van der Waals surface area contributed by atoms with E-state index in [9.17, 15) is 13.2 Å². The van der Waals surface area contributed by atoms with Crippen LogP contribution in [-0.2, 0) is 16.4 Å². The molecule has 168 valence electrons. The number of carbonyl (C=O) groups is 1. The molecule has 2 amide bonds. The van der Waals surface area contributed by atoms with E-state index in [1.165, 1.54) is 5.56 Å². The van der Waals surface area contributed by atoms with Gasteiger partial charge in [0.25, 0.3) is 0 Å². The van der Waals surface area contributed by atoms with E-state index in [-0.39, 0.29) is 6.03 Å². The number of amides is 2. The first-order valence-corrected chi connectivity index (χ1v) is 12.5. The molecule has 7 heteroatoms. The monoisotopic (exact) mass is 443 g/mol. The van der Waals surface area contributed by atoms with Crippen LogP contribution in [0.25, 0.3) is 0 Å². The van der Waals surface area contributed by atoms with E-state index in [0.29, 0.717) is 36.4 Å². The minimum Gasteiger partial charge on any atom is -0.338 e. The summed E-state index contributed by atoms with van der Waals surface area (Å²) in [6, 6.07) is 16.9. The Balaban J connectivity index is 1.30. The van der Waals surface area contributed by atoms with Gasteiger partial charge >= 0.3 is 6.03 Å². The second kappa shape index (κ2) is 11.3. The maximum absolute atomic E-state index is 12.4. The molecular weight excluding hydrogens is 410 g/mol. The molecule has 2 aromatic carbocycles. The summed E-state index contributed by atoms with van der Waals surface area (Å²) in [5, 5.41) is 5.88. The zero-order valence-corrected chi connectivity index (χ0v) is 19.0. The number of aryl methyl sites for hydroxylation is 1. The van der Waals surface area contributed by atoms with Crippen LogP contribution in [0.15, 0.2) is 59.5 Å². The topological polar surface area (TPSA) is 87.3 Å². The SMILES string of the molecule is Cc1ccc(S(=O)(=O)NCC2CCC(CNC(=O)NCCc3ccccc3)CC2)cc1. The van der Waals surface area contributed by atoms with Crippen LogP contribution in [-0.4, -0.2) is 34.1 Å². The number of nitrogens with one attached hydrogen (secondary N) is 3. The number of hydrogen-bond donors (Lipinski definition) is 3. The lowest BCUT2D eigenvalue weighted by atomic mass is 9.82. The lowest BCUT2D eigenvalue weighted by Crippen LogP contribution is -2.40. The van der Waals surface area contributed by atoms with Gasteiger partial charge in [-0.2, -0.15) is 0 Å². The van der Waals surface area contributed by atoms with Crippen LogP contribution in [0.3, 0.4) is 0 Å². The molecule has 3 N–H and O–H groups in total. The van der Waals surface area contributed by atoms with Gasteiger partial charge in [-0.05, 0) is 68.6 Å². The summed E-state index contributed by atoms with van der Waals surface area (Å²) in [6.45, 7) is 3.69. The molecule has 0 aliphatic heterocycles. The summed E-state index contributed by atoms with van der Waals surface area (Å²) in [5.74, 6) is 0.793. The van der Waals surface area contributed by atoms with E-state index >= 15 is 0 Å². The van der Waals surface area contributed by atoms with Crippen LogP contribution >= 0.6 is 0 Å². The van der Waals surface area contributed by atoms with Crippen molar-refractivity contribution in [3.63, 3.8) is 0 Å². The van der Waals surface area contributed by atoms with Gasteiger partial charge in [0.15, 0.2) is 0 Å². The van der Waals surface area contributed by atoms with Crippen molar-refractivity contribution >= 4 is 16.1 Å². The summed E-state index contributed by atoms with van der Waals surface area (Å²) >= 11 is 0. The predicted molar refractivity (Wildman–Crippen MR) is 123 cm³/mol. The zero-order valence-electron chi connectivity index (χ0n) is 18.1. The fourth-order valence-electron chi connectivity index (χ4n) is 3.93. The summed E-state index contributed by atoms with van der Waals surface area (Å²) in [4.78, 5) is 12.3. The maximum atomic E-state index is 12.4. The average Bonchev–Trinajstić information content (AvgIpc) is 2.78. The summed E-state index contributed by atoms with van der Waals surface area (Å²) in [7, 11) is -3.46. The molecule has 0 unspecified atom stereocenters. The van der Waals surface area contributed by atoms with Crippen molar-refractivity contribution in [1.82, 2.24) is 15.4 Å². The zero-order chi connectivity index (χ0) is 22.1. The number of urea groups is 1. The van der Waals surface area contributed by atoms with Crippen molar-refractivity contribution in [2.75, 3.05) is 19.6 Å². The summed E-state index contributed by atoms with van der Waals surface area (Å²) in [6.07, 6.45) is 4.76. The normalized spacial score (nSPS) is 19.0. The minimum absolute atomic E-state index is 0.121. The van der Waals surface area contributed by atoms with Crippen molar-refractivity contribution < 1.29 is 13.2 Å². The van der Waals surface area contributed by atoms with Gasteiger partial charge in [0.2, 0.25) is 10.0 Å². The Hall–Kier alpha value is -2.38. The molecule has 1 aliphatic carbocycles. The molecule has 0 radical (unpaired) electrons. The van der Waals surface area contributed by atoms with Crippen LogP contribution in [0.4, 0.5) is 4.79 Å². The number of hydrogen-bond acceptors (Lipinski definition) is 3. The van der Waals surface area contributed by atoms with Gasteiger partial charge in [0.05, 0.1) is 4.90 Å². The molecule has 0 bridgehead atoms. The lowest BCUT2D eigenvalue weighted by Gasteiger charge is -2.28. The molecular formula is C24H33N3O3S. The van der Waals surface area contributed by atoms with Crippen LogP contribution < -0.4 is 15.4 Å². The van der Waals surface area contributed by atoms with E-state index in [0.717, 1.165) is 37.7 Å². The number of rotatable bonds is 9. The molecule has 0 aromatic heterocycles. The Morgan fingerprint density at radius 2 is 1.48 bits per heavy atom. The third-order valence-electron chi connectivity index (χ3n) is 5.95. The molecule has 0 atom stereocenters. The van der Waals surface area contributed by atoms with Gasteiger partial charge in [-0.15, -0.1) is 0 Å². The van der Waals surface area contributed by atoms with E-state index < -0.39 is 10.0 Å². The van der Waals surface area contributed by atoms with Crippen molar-refractivity contribution in [3.05, 3.63) is 65.7 Å². The van der Waals surface area contributed by atoms with Gasteiger partial charge in [0, 0.05) is 19.6 Å². The van der Waals surface area contributed by atoms with Gasteiger partial charge in [0.1, 0.15) is 0 Å².